The van der Waals surface area contributed by atoms with Crippen LogP contribution in [0.4, 0.5) is 0 Å². The van der Waals surface area contributed by atoms with Crippen LogP contribution in [0, 0.1) is 6.92 Å². The second-order valence-electron chi connectivity index (χ2n) is 2.92. The van der Waals surface area contributed by atoms with Crippen LogP contribution < -0.4 is 5.56 Å². The molecule has 0 aliphatic carbocycles. The largest absolute Gasteiger partial charge is 0.392 e. The molecule has 13 heavy (non-hydrogen) atoms. The minimum Gasteiger partial charge on any atom is -0.392 e. The molecule has 0 radical (unpaired) electrons. The van der Waals surface area contributed by atoms with Crippen LogP contribution in [0.15, 0.2) is 10.9 Å². The summed E-state index contributed by atoms with van der Waals surface area (Å²) in [6.07, 6.45) is -0.570. The zero-order valence-corrected chi connectivity index (χ0v) is 8.25. The van der Waals surface area contributed by atoms with Gasteiger partial charge in [0.2, 0.25) is 0 Å². The van der Waals surface area contributed by atoms with Gasteiger partial charge in [-0.2, -0.15) is 0 Å². The maximum absolute atomic E-state index is 11.3. The molecule has 5 heteroatoms. The van der Waals surface area contributed by atoms with E-state index in [1.807, 2.05) is 0 Å². The van der Waals surface area contributed by atoms with E-state index in [1.54, 1.807) is 13.8 Å². The molecule has 0 aliphatic rings. The van der Waals surface area contributed by atoms with Crippen molar-refractivity contribution < 1.29 is 5.11 Å². The van der Waals surface area contributed by atoms with Crippen molar-refractivity contribution in [3.63, 3.8) is 0 Å². The smallest absolute Gasteiger partial charge is 0.255 e. The highest BCUT2D eigenvalue weighted by Gasteiger charge is 2.05. The summed E-state index contributed by atoms with van der Waals surface area (Å²) in [5.41, 5.74) is -0.238. The molecule has 0 saturated carbocycles. The lowest BCUT2D eigenvalue weighted by molar-refractivity contribution is 0.170. The number of rotatable bonds is 2. The Kier molecular flexibility index (Phi) is 3.06. The first-order valence-corrected chi connectivity index (χ1v) is 4.30. The first kappa shape index (κ1) is 10.2. The molecule has 0 aliphatic heterocycles. The van der Waals surface area contributed by atoms with E-state index in [2.05, 4.69) is 4.98 Å². The molecule has 1 atom stereocenters. The van der Waals surface area contributed by atoms with Gasteiger partial charge in [0.05, 0.1) is 12.6 Å². The van der Waals surface area contributed by atoms with Crippen LogP contribution in [0.1, 0.15) is 12.7 Å². The number of aliphatic hydroxyl groups excluding tert-OH is 1. The van der Waals surface area contributed by atoms with Gasteiger partial charge in [0.1, 0.15) is 11.0 Å². The zero-order valence-electron chi connectivity index (χ0n) is 7.49. The van der Waals surface area contributed by atoms with E-state index in [0.717, 1.165) is 0 Å². The summed E-state index contributed by atoms with van der Waals surface area (Å²) in [5, 5.41) is 9.29. The van der Waals surface area contributed by atoms with E-state index >= 15 is 0 Å². The first-order valence-electron chi connectivity index (χ1n) is 3.92. The van der Waals surface area contributed by atoms with E-state index in [0.29, 0.717) is 5.82 Å². The van der Waals surface area contributed by atoms with Gasteiger partial charge in [-0.25, -0.2) is 4.98 Å². The molecule has 0 bridgehead atoms. The number of nitrogens with zero attached hydrogens (tertiary/aromatic N) is 2. The Morgan fingerprint density at radius 2 is 2.38 bits per heavy atom. The van der Waals surface area contributed by atoms with E-state index in [4.69, 9.17) is 16.7 Å². The van der Waals surface area contributed by atoms with Gasteiger partial charge in [-0.3, -0.25) is 9.36 Å². The minimum atomic E-state index is -0.570. The topological polar surface area (TPSA) is 55.1 Å². The molecule has 1 aromatic heterocycles. The summed E-state index contributed by atoms with van der Waals surface area (Å²) in [5.74, 6) is 0.512. The fraction of sp³-hybridized carbons (Fsp3) is 0.500. The second-order valence-corrected chi connectivity index (χ2v) is 3.31. The van der Waals surface area contributed by atoms with Gasteiger partial charge in [0.25, 0.3) is 5.56 Å². The van der Waals surface area contributed by atoms with E-state index < -0.39 is 6.10 Å². The van der Waals surface area contributed by atoms with E-state index in [-0.39, 0.29) is 17.3 Å². The molecule has 1 heterocycles. The third-order valence-corrected chi connectivity index (χ3v) is 1.81. The molecule has 1 aromatic rings. The van der Waals surface area contributed by atoms with Gasteiger partial charge in [-0.05, 0) is 13.8 Å². The molecule has 1 N–H and O–H groups in total. The second kappa shape index (κ2) is 3.89. The molecule has 4 nitrogen and oxygen atoms in total. The van der Waals surface area contributed by atoms with Crippen molar-refractivity contribution in [2.45, 2.75) is 26.5 Å². The van der Waals surface area contributed by atoms with Crippen LogP contribution in [0.25, 0.3) is 0 Å². The number of aliphatic hydroxyl groups is 1. The van der Waals surface area contributed by atoms with Crippen LogP contribution >= 0.6 is 11.6 Å². The predicted molar refractivity (Wildman–Crippen MR) is 49.9 cm³/mol. The number of hydrogen-bond acceptors (Lipinski definition) is 3. The Labute approximate surface area is 80.8 Å². The van der Waals surface area contributed by atoms with Crippen molar-refractivity contribution >= 4 is 11.6 Å². The van der Waals surface area contributed by atoms with Crippen molar-refractivity contribution in [2.75, 3.05) is 0 Å². The monoisotopic (exact) mass is 202 g/mol. The van der Waals surface area contributed by atoms with Crippen molar-refractivity contribution in [1.29, 1.82) is 0 Å². The van der Waals surface area contributed by atoms with Crippen molar-refractivity contribution in [1.82, 2.24) is 9.55 Å². The third kappa shape index (κ3) is 2.54. The summed E-state index contributed by atoms with van der Waals surface area (Å²) < 4.78 is 1.39. The summed E-state index contributed by atoms with van der Waals surface area (Å²) in [6.45, 7) is 3.53. The fourth-order valence-corrected chi connectivity index (χ4v) is 1.29. The number of aryl methyl sites for hydroxylation is 1. The number of halogens is 1. The molecule has 0 spiro atoms. The Bertz CT molecular complexity index is 360. The van der Waals surface area contributed by atoms with Crippen LogP contribution in [0.2, 0.25) is 5.15 Å². The van der Waals surface area contributed by atoms with Gasteiger partial charge < -0.3 is 5.11 Å². The zero-order chi connectivity index (χ0) is 10.0. The van der Waals surface area contributed by atoms with Crippen LogP contribution in [-0.2, 0) is 6.54 Å². The molecule has 0 aromatic carbocycles. The maximum atomic E-state index is 11.3. The molecule has 72 valence electrons. The molecular formula is C8H11ClN2O2. The minimum absolute atomic E-state index is 0.185. The summed E-state index contributed by atoms with van der Waals surface area (Å²) in [4.78, 5) is 15.2. The third-order valence-electron chi connectivity index (χ3n) is 1.61. The Hall–Kier alpha value is -0.870. The van der Waals surface area contributed by atoms with Gasteiger partial charge in [0, 0.05) is 6.07 Å². The Balaban J connectivity index is 3.14. The van der Waals surface area contributed by atoms with Gasteiger partial charge >= 0.3 is 0 Å². The van der Waals surface area contributed by atoms with Crippen molar-refractivity contribution in [2.24, 2.45) is 0 Å². The average Bonchev–Trinajstić information content (AvgIpc) is 1.96. The molecule has 0 fully saturated rings. The lowest BCUT2D eigenvalue weighted by Gasteiger charge is -2.10. The van der Waals surface area contributed by atoms with Crippen LogP contribution in [0.5, 0.6) is 0 Å². The van der Waals surface area contributed by atoms with E-state index in [1.165, 1.54) is 10.6 Å². The highest BCUT2D eigenvalue weighted by atomic mass is 35.5. The summed E-state index contributed by atoms with van der Waals surface area (Å²) >= 11 is 5.57. The highest BCUT2D eigenvalue weighted by molar-refractivity contribution is 6.29. The van der Waals surface area contributed by atoms with Gasteiger partial charge in [0.15, 0.2) is 0 Å². The lowest BCUT2D eigenvalue weighted by atomic mass is 10.4. The standard InChI is InChI=1S/C8H11ClN2O2/c1-5(12)4-11-6(2)10-7(9)3-8(11)13/h3,5,12H,4H2,1-2H3. The normalized spacial score (nSPS) is 12.9. The highest BCUT2D eigenvalue weighted by Crippen LogP contribution is 2.01. The molecular weight excluding hydrogens is 192 g/mol. The Morgan fingerprint density at radius 1 is 1.77 bits per heavy atom. The van der Waals surface area contributed by atoms with E-state index in [9.17, 15) is 4.79 Å². The SMILES string of the molecule is Cc1nc(Cl)cc(=O)n1CC(C)O. The molecule has 0 amide bonds. The first-order chi connectivity index (χ1) is 6.00. The lowest BCUT2D eigenvalue weighted by Crippen LogP contribution is -2.27. The maximum Gasteiger partial charge on any atom is 0.255 e. The average molecular weight is 203 g/mol. The number of hydrogen-bond donors (Lipinski definition) is 1. The molecule has 1 unspecified atom stereocenters. The summed E-state index contributed by atoms with van der Waals surface area (Å²) in [7, 11) is 0. The van der Waals surface area contributed by atoms with Gasteiger partial charge in [-0.15, -0.1) is 0 Å². The molecule has 1 rings (SSSR count). The fourth-order valence-electron chi connectivity index (χ4n) is 1.07. The van der Waals surface area contributed by atoms with Crippen molar-refractivity contribution in [3.05, 3.63) is 27.4 Å². The number of aromatic nitrogens is 2. The summed E-state index contributed by atoms with van der Waals surface area (Å²) in [6, 6.07) is 1.23. The van der Waals surface area contributed by atoms with Crippen LogP contribution in [-0.4, -0.2) is 20.8 Å². The molecule has 0 saturated heterocycles. The van der Waals surface area contributed by atoms with Gasteiger partial charge in [-0.1, -0.05) is 11.6 Å². The predicted octanol–water partition coefficient (Wildman–Crippen LogP) is 0.586. The Morgan fingerprint density at radius 3 is 2.85 bits per heavy atom. The quantitative estimate of drug-likeness (QED) is 0.714. The van der Waals surface area contributed by atoms with Crippen LogP contribution in [0.3, 0.4) is 0 Å². The van der Waals surface area contributed by atoms with Crippen molar-refractivity contribution in [3.8, 4) is 0 Å².